The monoisotopic (exact) mass is 223 g/mol. The molecule has 1 rings (SSSR count). The van der Waals surface area contributed by atoms with Gasteiger partial charge in [-0.05, 0) is 30.4 Å². The Bertz CT molecular complexity index is 357. The van der Waals surface area contributed by atoms with Gasteiger partial charge in [0.25, 0.3) is 0 Å². The first kappa shape index (κ1) is 12.1. The van der Waals surface area contributed by atoms with E-state index in [1.54, 1.807) is 17.8 Å². The van der Waals surface area contributed by atoms with Crippen LogP contribution in [0.25, 0.3) is 0 Å². The number of rotatable bonds is 5. The van der Waals surface area contributed by atoms with Gasteiger partial charge >= 0.3 is 0 Å². The minimum absolute atomic E-state index is 0.327. The predicted octanol–water partition coefficient (Wildman–Crippen LogP) is 3.98. The Hall–Kier alpha value is -1.01. The van der Waals surface area contributed by atoms with Crippen LogP contribution < -0.4 is 0 Å². The fraction of sp³-hybridized carbons (Fsp3) is 0.417. The minimum atomic E-state index is -0.327. The molecule has 0 aliphatic heterocycles. The molecule has 0 unspecified atom stereocenters. The highest BCUT2D eigenvalue weighted by Gasteiger charge is 2.00. The standard InChI is InChI=1S/C12H14FNS/c1-2-3-4-5-15-12-7-10(9-14)6-11(13)8-12/h6-8H,2-5H2,1H3. The summed E-state index contributed by atoms with van der Waals surface area (Å²) >= 11 is 1.61. The van der Waals surface area contributed by atoms with Crippen molar-refractivity contribution in [3.63, 3.8) is 0 Å². The molecule has 0 radical (unpaired) electrons. The Labute approximate surface area is 94.3 Å². The molecule has 0 N–H and O–H groups in total. The lowest BCUT2D eigenvalue weighted by Gasteiger charge is -2.01. The number of nitriles is 1. The van der Waals surface area contributed by atoms with Crippen molar-refractivity contribution in [3.05, 3.63) is 29.6 Å². The molecule has 0 aromatic heterocycles. The molecular weight excluding hydrogens is 209 g/mol. The van der Waals surface area contributed by atoms with Crippen LogP contribution in [0.5, 0.6) is 0 Å². The molecule has 1 aromatic rings. The zero-order chi connectivity index (χ0) is 11.1. The normalized spacial score (nSPS) is 9.93. The molecule has 0 spiro atoms. The average Bonchev–Trinajstić information content (AvgIpc) is 2.23. The molecule has 0 aliphatic carbocycles. The topological polar surface area (TPSA) is 23.8 Å². The van der Waals surface area contributed by atoms with Crippen LogP contribution in [0.15, 0.2) is 23.1 Å². The number of hydrogen-bond donors (Lipinski definition) is 0. The van der Waals surface area contributed by atoms with Crippen molar-refractivity contribution in [2.75, 3.05) is 5.75 Å². The third kappa shape index (κ3) is 4.35. The summed E-state index contributed by atoms with van der Waals surface area (Å²) in [7, 11) is 0. The van der Waals surface area contributed by atoms with Gasteiger partial charge in [-0.25, -0.2) is 4.39 Å². The molecular formula is C12H14FNS. The lowest BCUT2D eigenvalue weighted by molar-refractivity contribution is 0.623. The predicted molar refractivity (Wildman–Crippen MR) is 61.4 cm³/mol. The van der Waals surface area contributed by atoms with E-state index in [4.69, 9.17) is 5.26 Å². The van der Waals surface area contributed by atoms with Gasteiger partial charge in [0.1, 0.15) is 5.82 Å². The Morgan fingerprint density at radius 2 is 2.13 bits per heavy atom. The number of benzene rings is 1. The van der Waals surface area contributed by atoms with Crippen molar-refractivity contribution in [2.45, 2.75) is 31.1 Å². The van der Waals surface area contributed by atoms with E-state index >= 15 is 0 Å². The highest BCUT2D eigenvalue weighted by molar-refractivity contribution is 7.99. The molecule has 3 heteroatoms. The Kier molecular flexibility index (Phi) is 5.20. The number of halogens is 1. The van der Waals surface area contributed by atoms with Crippen LogP contribution >= 0.6 is 11.8 Å². The number of unbranched alkanes of at least 4 members (excludes halogenated alkanes) is 2. The Morgan fingerprint density at radius 1 is 1.33 bits per heavy atom. The van der Waals surface area contributed by atoms with Crippen molar-refractivity contribution in [2.24, 2.45) is 0 Å². The second-order valence-corrected chi connectivity index (χ2v) is 4.51. The quantitative estimate of drug-likeness (QED) is 0.557. The molecule has 0 atom stereocenters. The van der Waals surface area contributed by atoms with Crippen molar-refractivity contribution >= 4 is 11.8 Å². The van der Waals surface area contributed by atoms with E-state index in [1.165, 1.54) is 25.0 Å². The van der Waals surface area contributed by atoms with Gasteiger partial charge in [0.15, 0.2) is 0 Å². The maximum absolute atomic E-state index is 13.0. The van der Waals surface area contributed by atoms with Crippen molar-refractivity contribution in [1.82, 2.24) is 0 Å². The summed E-state index contributed by atoms with van der Waals surface area (Å²) in [5, 5.41) is 8.67. The summed E-state index contributed by atoms with van der Waals surface area (Å²) < 4.78 is 13.0. The lowest BCUT2D eigenvalue weighted by atomic mass is 10.2. The molecule has 0 saturated heterocycles. The third-order valence-electron chi connectivity index (χ3n) is 2.02. The lowest BCUT2D eigenvalue weighted by Crippen LogP contribution is -1.84. The summed E-state index contributed by atoms with van der Waals surface area (Å²) in [6.07, 6.45) is 3.53. The fourth-order valence-corrected chi connectivity index (χ4v) is 2.24. The van der Waals surface area contributed by atoms with Crippen LogP contribution in [0, 0.1) is 17.1 Å². The number of hydrogen-bond acceptors (Lipinski definition) is 2. The second kappa shape index (κ2) is 6.47. The van der Waals surface area contributed by atoms with E-state index in [-0.39, 0.29) is 5.82 Å². The maximum atomic E-state index is 13.0. The van der Waals surface area contributed by atoms with Crippen LogP contribution in [-0.2, 0) is 0 Å². The number of nitrogens with zero attached hydrogens (tertiary/aromatic N) is 1. The van der Waals surface area contributed by atoms with E-state index in [2.05, 4.69) is 6.92 Å². The Morgan fingerprint density at radius 3 is 2.80 bits per heavy atom. The highest BCUT2D eigenvalue weighted by Crippen LogP contribution is 2.22. The van der Waals surface area contributed by atoms with Gasteiger partial charge in [-0.2, -0.15) is 5.26 Å². The largest absolute Gasteiger partial charge is 0.207 e. The van der Waals surface area contributed by atoms with E-state index in [0.717, 1.165) is 17.1 Å². The number of thioether (sulfide) groups is 1. The van der Waals surface area contributed by atoms with E-state index in [1.807, 2.05) is 6.07 Å². The van der Waals surface area contributed by atoms with Crippen LogP contribution in [0.4, 0.5) is 4.39 Å². The molecule has 0 fully saturated rings. The first-order valence-electron chi connectivity index (χ1n) is 5.09. The zero-order valence-corrected chi connectivity index (χ0v) is 9.61. The SMILES string of the molecule is CCCCCSc1cc(F)cc(C#N)c1. The highest BCUT2D eigenvalue weighted by atomic mass is 32.2. The summed E-state index contributed by atoms with van der Waals surface area (Å²) in [5.74, 6) is 0.661. The third-order valence-corrected chi connectivity index (χ3v) is 3.08. The van der Waals surface area contributed by atoms with E-state index in [9.17, 15) is 4.39 Å². The maximum Gasteiger partial charge on any atom is 0.125 e. The minimum Gasteiger partial charge on any atom is -0.207 e. The summed E-state index contributed by atoms with van der Waals surface area (Å²) in [6.45, 7) is 2.15. The molecule has 80 valence electrons. The molecule has 1 aromatic carbocycles. The van der Waals surface area contributed by atoms with Gasteiger partial charge in [0, 0.05) is 4.90 Å². The average molecular weight is 223 g/mol. The first-order valence-corrected chi connectivity index (χ1v) is 6.08. The van der Waals surface area contributed by atoms with Gasteiger partial charge in [-0.3, -0.25) is 0 Å². The molecule has 15 heavy (non-hydrogen) atoms. The van der Waals surface area contributed by atoms with Crippen molar-refractivity contribution < 1.29 is 4.39 Å². The zero-order valence-electron chi connectivity index (χ0n) is 8.79. The van der Waals surface area contributed by atoms with Gasteiger partial charge in [0.05, 0.1) is 11.6 Å². The van der Waals surface area contributed by atoms with Gasteiger partial charge < -0.3 is 0 Å². The van der Waals surface area contributed by atoms with Crippen LogP contribution in [0.3, 0.4) is 0 Å². The van der Waals surface area contributed by atoms with Crippen molar-refractivity contribution in [3.8, 4) is 6.07 Å². The van der Waals surface area contributed by atoms with Gasteiger partial charge in [-0.15, -0.1) is 11.8 Å². The fourth-order valence-electron chi connectivity index (χ4n) is 1.25. The summed E-state index contributed by atoms with van der Waals surface area (Å²) in [5.41, 5.74) is 0.396. The smallest absolute Gasteiger partial charge is 0.125 e. The second-order valence-electron chi connectivity index (χ2n) is 3.34. The summed E-state index contributed by atoms with van der Waals surface area (Å²) in [4.78, 5) is 0.850. The molecule has 0 bridgehead atoms. The van der Waals surface area contributed by atoms with Gasteiger partial charge in [-0.1, -0.05) is 19.8 Å². The van der Waals surface area contributed by atoms with E-state index in [0.29, 0.717) is 5.56 Å². The molecule has 1 nitrogen and oxygen atoms in total. The molecule has 0 amide bonds. The van der Waals surface area contributed by atoms with Crippen LogP contribution in [-0.4, -0.2) is 5.75 Å². The first-order chi connectivity index (χ1) is 7.26. The van der Waals surface area contributed by atoms with Crippen LogP contribution in [0.2, 0.25) is 0 Å². The van der Waals surface area contributed by atoms with Crippen molar-refractivity contribution in [1.29, 1.82) is 5.26 Å². The Balaban J connectivity index is 2.54. The molecule has 0 aliphatic rings. The van der Waals surface area contributed by atoms with E-state index < -0.39 is 0 Å². The van der Waals surface area contributed by atoms with Crippen LogP contribution in [0.1, 0.15) is 31.7 Å². The molecule has 0 saturated carbocycles. The summed E-state index contributed by atoms with van der Waals surface area (Å²) in [6, 6.07) is 6.44. The van der Waals surface area contributed by atoms with Gasteiger partial charge in [0.2, 0.25) is 0 Å². The molecule has 0 heterocycles.